The molecule has 0 fully saturated rings. The van der Waals surface area contributed by atoms with Gasteiger partial charge in [-0.15, -0.1) is 0 Å². The van der Waals surface area contributed by atoms with Crippen LogP contribution in [-0.4, -0.2) is 17.1 Å². The van der Waals surface area contributed by atoms with Crippen molar-refractivity contribution >= 4 is 41.5 Å². The number of halogens is 2. The van der Waals surface area contributed by atoms with Crippen molar-refractivity contribution in [2.45, 2.75) is 6.92 Å². The second kappa shape index (κ2) is 3.57. The Bertz CT molecular complexity index is 59.8. The monoisotopic (exact) mass is 408 g/mol. The van der Waals surface area contributed by atoms with Gasteiger partial charge in [0.05, 0.1) is 0 Å². The van der Waals surface area contributed by atoms with Crippen LogP contribution in [0.5, 0.6) is 0 Å². The molecule has 0 rings (SSSR count). The van der Waals surface area contributed by atoms with Crippen LogP contribution in [0.1, 0.15) is 6.92 Å². The van der Waals surface area contributed by atoms with Gasteiger partial charge in [-0.1, -0.05) is 0 Å². The average Bonchev–Trinajstić information content (AvgIpc) is 1.36. The average molecular weight is 410 g/mol. The summed E-state index contributed by atoms with van der Waals surface area (Å²) in [5.41, 5.74) is 0. The summed E-state index contributed by atoms with van der Waals surface area (Å²) < 4.78 is 1.30. The molecule has 0 radical (unpaired) electrons. The fraction of sp³-hybridized carbons (Fsp3) is 0.333. The summed E-state index contributed by atoms with van der Waals surface area (Å²) in [5.74, 6) is 0. The van der Waals surface area contributed by atoms with Gasteiger partial charge in [0.15, 0.2) is 0 Å². The summed E-state index contributed by atoms with van der Waals surface area (Å²) in [5, 5.41) is 0. The second-order valence-electron chi connectivity index (χ2n) is 0.968. The Morgan fingerprint density at radius 3 is 1.83 bits per heavy atom. The Morgan fingerprint density at radius 1 is 1.67 bits per heavy atom. The first-order valence-electron chi connectivity index (χ1n) is 1.42. The van der Waals surface area contributed by atoms with Gasteiger partial charge in [0.2, 0.25) is 0 Å². The van der Waals surface area contributed by atoms with E-state index in [9.17, 15) is 0 Å². The van der Waals surface area contributed by atoms with Crippen molar-refractivity contribution in [1.29, 1.82) is 0 Å². The van der Waals surface area contributed by atoms with Crippen LogP contribution in [0, 0.1) is 0 Å². The van der Waals surface area contributed by atoms with E-state index in [1.807, 2.05) is 6.92 Å². The molecule has 0 N–H and O–H groups in total. The molecule has 0 heterocycles. The summed E-state index contributed by atoms with van der Waals surface area (Å²) in [7, 11) is 0. The maximum atomic E-state index is 3.75. The number of hydrogen-bond acceptors (Lipinski definition) is 0. The minimum absolute atomic E-state index is 1.30. The molecule has 0 unspecified atom stereocenters. The molecule has 0 saturated heterocycles. The maximum absolute atomic E-state index is 3.75. The number of allylic oxidation sites excluding steroid dienone is 1. The van der Waals surface area contributed by atoms with Crippen LogP contribution in [0.2, 0.25) is 0 Å². The third-order valence-corrected chi connectivity index (χ3v) is 13.2. The van der Waals surface area contributed by atoms with E-state index < -0.39 is 17.1 Å². The van der Waals surface area contributed by atoms with Crippen LogP contribution in [-0.2, 0) is 0 Å². The first-order valence-corrected chi connectivity index (χ1v) is 18.2. The van der Waals surface area contributed by atoms with Crippen LogP contribution in [0.15, 0.2) is 9.86 Å². The van der Waals surface area contributed by atoms with Crippen molar-refractivity contribution in [1.82, 2.24) is 0 Å². The topological polar surface area (TPSA) is 0 Å². The molecule has 0 amide bonds. The standard InChI is InChI=1S/C3H5.Bi.2BrH/c1-3-2;;;/h1H2,2H3;;2*1H/q;+2;;/p-2. The van der Waals surface area contributed by atoms with E-state index in [2.05, 4.69) is 31.0 Å². The molecule has 0 spiro atoms. The molecule has 3 heteroatoms. The van der Waals surface area contributed by atoms with Crippen LogP contribution in [0.3, 0.4) is 0 Å². The van der Waals surface area contributed by atoms with Gasteiger partial charge in [0, 0.05) is 0 Å². The van der Waals surface area contributed by atoms with Gasteiger partial charge in [-0.2, -0.15) is 0 Å². The SMILES string of the molecule is C=[C](C)[Bi]([Br])[Br]. The van der Waals surface area contributed by atoms with Crippen molar-refractivity contribution < 1.29 is 0 Å². The number of rotatable bonds is 1. The predicted octanol–water partition coefficient (Wildman–Crippen LogP) is 2.38. The second-order valence-corrected chi connectivity index (χ2v) is 26.5. The minimum atomic E-state index is -1.32. The molecule has 0 bridgehead atoms. The molecule has 0 aliphatic heterocycles. The summed E-state index contributed by atoms with van der Waals surface area (Å²) in [4.78, 5) is 0. The van der Waals surface area contributed by atoms with E-state index in [0.29, 0.717) is 0 Å². The molecular formula is C3H5BiBr2. The zero-order chi connectivity index (χ0) is 5.15. The third-order valence-electron chi connectivity index (χ3n) is 0.289. The fourth-order valence-corrected chi connectivity index (χ4v) is 0. The fourth-order valence-electron chi connectivity index (χ4n) is 0. The Morgan fingerprint density at radius 2 is 1.83 bits per heavy atom. The van der Waals surface area contributed by atoms with Gasteiger partial charge in [0.25, 0.3) is 0 Å². The number of hydrogen-bond donors (Lipinski definition) is 0. The van der Waals surface area contributed by atoms with E-state index >= 15 is 0 Å². The van der Waals surface area contributed by atoms with E-state index in [4.69, 9.17) is 0 Å². The molecule has 0 aromatic heterocycles. The van der Waals surface area contributed by atoms with Crippen LogP contribution in [0.25, 0.3) is 0 Å². The van der Waals surface area contributed by atoms with E-state index in [1.54, 1.807) is 0 Å². The molecular weight excluding hydrogens is 405 g/mol. The third kappa shape index (κ3) is 3.76. The van der Waals surface area contributed by atoms with Gasteiger partial charge < -0.3 is 0 Å². The van der Waals surface area contributed by atoms with E-state index in [1.165, 1.54) is 3.28 Å². The van der Waals surface area contributed by atoms with Crippen LogP contribution >= 0.6 is 24.4 Å². The Kier molecular flexibility index (Phi) is 4.51. The van der Waals surface area contributed by atoms with E-state index in [-0.39, 0.29) is 0 Å². The summed E-state index contributed by atoms with van der Waals surface area (Å²) in [6, 6.07) is 0. The first kappa shape index (κ1) is 7.58. The zero-order valence-corrected chi connectivity index (χ0v) is 10.1. The van der Waals surface area contributed by atoms with Gasteiger partial charge in [-0.05, 0) is 0 Å². The van der Waals surface area contributed by atoms with Gasteiger partial charge in [-0.3, -0.25) is 0 Å². The molecule has 0 aromatic rings. The Balaban J connectivity index is 3.26. The molecule has 6 heavy (non-hydrogen) atoms. The predicted molar refractivity (Wildman–Crippen MR) is 38.4 cm³/mol. The molecule has 0 nitrogen and oxygen atoms in total. The summed E-state index contributed by atoms with van der Waals surface area (Å²) in [6.45, 7) is 5.79. The van der Waals surface area contributed by atoms with Gasteiger partial charge >= 0.3 is 58.3 Å². The first-order chi connectivity index (χ1) is 2.64. The molecule has 36 valence electrons. The van der Waals surface area contributed by atoms with Crippen molar-refractivity contribution in [2.75, 3.05) is 0 Å². The quantitative estimate of drug-likeness (QED) is 0.583. The molecule has 0 aliphatic carbocycles. The van der Waals surface area contributed by atoms with Crippen molar-refractivity contribution in [3.8, 4) is 0 Å². The molecule has 0 saturated carbocycles. The molecule has 0 aliphatic rings. The zero-order valence-electron chi connectivity index (χ0n) is 3.41. The summed E-state index contributed by atoms with van der Waals surface area (Å²) >= 11 is 5.59. The van der Waals surface area contributed by atoms with Gasteiger partial charge in [-0.25, -0.2) is 0 Å². The summed E-state index contributed by atoms with van der Waals surface area (Å²) in [6.07, 6.45) is 0. The normalized spacial score (nSPS) is 9.33. The molecule has 0 atom stereocenters. The Hall–Kier alpha value is 1.58. The van der Waals surface area contributed by atoms with Crippen molar-refractivity contribution in [3.63, 3.8) is 0 Å². The van der Waals surface area contributed by atoms with Crippen molar-refractivity contribution in [3.05, 3.63) is 9.86 Å². The van der Waals surface area contributed by atoms with Crippen LogP contribution < -0.4 is 0 Å². The van der Waals surface area contributed by atoms with E-state index in [0.717, 1.165) is 0 Å². The Labute approximate surface area is 57.6 Å². The molecule has 0 aromatic carbocycles. The van der Waals surface area contributed by atoms with Crippen LogP contribution in [0.4, 0.5) is 0 Å². The van der Waals surface area contributed by atoms with Gasteiger partial charge in [0.1, 0.15) is 0 Å². The van der Waals surface area contributed by atoms with Crippen molar-refractivity contribution in [2.24, 2.45) is 0 Å².